The van der Waals surface area contributed by atoms with Crippen molar-refractivity contribution in [3.8, 4) is 11.1 Å². The molecule has 0 radical (unpaired) electrons. The van der Waals surface area contributed by atoms with Crippen LogP contribution in [-0.4, -0.2) is 23.1 Å². The standard InChI is InChI=1S/C16H19N3/c1-12-5-2-3-7-15(12)14-10-18-16(19-11-14)13-6-4-8-17-9-13/h2-3,5,7,10-11,13,17H,4,6,8-9H2,1H3. The van der Waals surface area contributed by atoms with Gasteiger partial charge in [-0.05, 0) is 37.4 Å². The first-order valence-electron chi connectivity index (χ1n) is 6.93. The fourth-order valence-corrected chi connectivity index (χ4v) is 2.66. The van der Waals surface area contributed by atoms with Crippen molar-refractivity contribution in [1.82, 2.24) is 15.3 Å². The van der Waals surface area contributed by atoms with Gasteiger partial charge in [-0.3, -0.25) is 0 Å². The lowest BCUT2D eigenvalue weighted by atomic mass is 9.98. The van der Waals surface area contributed by atoms with Gasteiger partial charge in [0.05, 0.1) is 0 Å². The SMILES string of the molecule is Cc1ccccc1-c1cnc(C2CCCNC2)nc1. The van der Waals surface area contributed by atoms with E-state index in [1.807, 2.05) is 12.4 Å². The lowest BCUT2D eigenvalue weighted by molar-refractivity contribution is 0.446. The Balaban J connectivity index is 1.84. The molecule has 1 fully saturated rings. The van der Waals surface area contributed by atoms with Crippen LogP contribution in [0.5, 0.6) is 0 Å². The molecule has 1 atom stereocenters. The Morgan fingerprint density at radius 3 is 2.63 bits per heavy atom. The van der Waals surface area contributed by atoms with E-state index in [1.165, 1.54) is 24.0 Å². The van der Waals surface area contributed by atoms with Crippen LogP contribution in [0.4, 0.5) is 0 Å². The fraction of sp³-hybridized carbons (Fsp3) is 0.375. The summed E-state index contributed by atoms with van der Waals surface area (Å²) in [4.78, 5) is 9.14. The summed E-state index contributed by atoms with van der Waals surface area (Å²) in [5.74, 6) is 1.45. The zero-order valence-electron chi connectivity index (χ0n) is 11.3. The fourth-order valence-electron chi connectivity index (χ4n) is 2.66. The molecular formula is C16H19N3. The molecule has 0 aliphatic carbocycles. The first-order chi connectivity index (χ1) is 9.34. The van der Waals surface area contributed by atoms with Gasteiger partial charge in [-0.2, -0.15) is 0 Å². The monoisotopic (exact) mass is 253 g/mol. The maximum atomic E-state index is 4.57. The Hall–Kier alpha value is -1.74. The smallest absolute Gasteiger partial charge is 0.132 e. The molecule has 1 aliphatic rings. The molecule has 1 N–H and O–H groups in total. The summed E-state index contributed by atoms with van der Waals surface area (Å²) >= 11 is 0. The van der Waals surface area contributed by atoms with Crippen LogP contribution < -0.4 is 5.32 Å². The molecule has 98 valence electrons. The molecule has 1 aromatic carbocycles. The van der Waals surface area contributed by atoms with E-state index in [2.05, 4.69) is 46.5 Å². The van der Waals surface area contributed by atoms with Gasteiger partial charge in [0.2, 0.25) is 0 Å². The van der Waals surface area contributed by atoms with Crippen LogP contribution in [-0.2, 0) is 0 Å². The van der Waals surface area contributed by atoms with Crippen LogP contribution in [0.3, 0.4) is 0 Å². The lowest BCUT2D eigenvalue weighted by Crippen LogP contribution is -2.29. The Bertz CT molecular complexity index is 542. The summed E-state index contributed by atoms with van der Waals surface area (Å²) < 4.78 is 0. The van der Waals surface area contributed by atoms with Gasteiger partial charge in [-0.15, -0.1) is 0 Å². The molecule has 19 heavy (non-hydrogen) atoms. The van der Waals surface area contributed by atoms with E-state index in [9.17, 15) is 0 Å². The van der Waals surface area contributed by atoms with Gasteiger partial charge >= 0.3 is 0 Å². The molecular weight excluding hydrogens is 234 g/mol. The van der Waals surface area contributed by atoms with E-state index >= 15 is 0 Å². The number of aromatic nitrogens is 2. The van der Waals surface area contributed by atoms with E-state index < -0.39 is 0 Å². The number of piperidine rings is 1. The van der Waals surface area contributed by atoms with Crippen molar-refractivity contribution >= 4 is 0 Å². The van der Waals surface area contributed by atoms with Gasteiger partial charge in [0.15, 0.2) is 0 Å². The molecule has 0 spiro atoms. The Kier molecular flexibility index (Phi) is 3.56. The first kappa shape index (κ1) is 12.3. The summed E-state index contributed by atoms with van der Waals surface area (Å²) in [5.41, 5.74) is 3.58. The molecule has 3 heteroatoms. The van der Waals surface area contributed by atoms with Gasteiger partial charge in [-0.25, -0.2) is 9.97 Å². The second-order valence-corrected chi connectivity index (χ2v) is 5.19. The van der Waals surface area contributed by atoms with Gasteiger partial charge in [-0.1, -0.05) is 24.3 Å². The molecule has 3 rings (SSSR count). The van der Waals surface area contributed by atoms with E-state index in [4.69, 9.17) is 0 Å². The molecule has 1 unspecified atom stereocenters. The van der Waals surface area contributed by atoms with Crippen molar-refractivity contribution in [3.05, 3.63) is 48.0 Å². The van der Waals surface area contributed by atoms with Crippen molar-refractivity contribution in [1.29, 1.82) is 0 Å². The van der Waals surface area contributed by atoms with Crippen molar-refractivity contribution in [2.45, 2.75) is 25.7 Å². The predicted octanol–water partition coefficient (Wildman–Crippen LogP) is 2.92. The summed E-state index contributed by atoms with van der Waals surface area (Å²) in [5, 5.41) is 3.41. The van der Waals surface area contributed by atoms with Crippen molar-refractivity contribution in [2.75, 3.05) is 13.1 Å². The van der Waals surface area contributed by atoms with E-state index in [0.717, 1.165) is 24.5 Å². The molecule has 1 aliphatic heterocycles. The second kappa shape index (κ2) is 5.49. The quantitative estimate of drug-likeness (QED) is 0.894. The van der Waals surface area contributed by atoms with Crippen LogP contribution >= 0.6 is 0 Å². The number of nitrogens with zero attached hydrogens (tertiary/aromatic N) is 2. The van der Waals surface area contributed by atoms with E-state index in [-0.39, 0.29) is 0 Å². The Morgan fingerprint density at radius 1 is 1.16 bits per heavy atom. The predicted molar refractivity (Wildman–Crippen MR) is 77.0 cm³/mol. The first-order valence-corrected chi connectivity index (χ1v) is 6.93. The lowest BCUT2D eigenvalue weighted by Gasteiger charge is -2.21. The van der Waals surface area contributed by atoms with Crippen molar-refractivity contribution in [3.63, 3.8) is 0 Å². The van der Waals surface area contributed by atoms with Crippen LogP contribution in [0.25, 0.3) is 11.1 Å². The largest absolute Gasteiger partial charge is 0.316 e. The Morgan fingerprint density at radius 2 is 1.95 bits per heavy atom. The van der Waals surface area contributed by atoms with Crippen LogP contribution in [0, 0.1) is 6.92 Å². The highest BCUT2D eigenvalue weighted by atomic mass is 14.9. The summed E-state index contributed by atoms with van der Waals surface area (Å²) in [7, 11) is 0. The van der Waals surface area contributed by atoms with E-state index in [1.54, 1.807) is 0 Å². The highest BCUT2D eigenvalue weighted by molar-refractivity contribution is 5.65. The highest BCUT2D eigenvalue weighted by Crippen LogP contribution is 2.24. The topological polar surface area (TPSA) is 37.8 Å². The summed E-state index contributed by atoms with van der Waals surface area (Å²) in [6.45, 7) is 4.25. The molecule has 1 saturated heterocycles. The van der Waals surface area contributed by atoms with Gasteiger partial charge in [0.1, 0.15) is 5.82 Å². The van der Waals surface area contributed by atoms with Crippen LogP contribution in [0.2, 0.25) is 0 Å². The third kappa shape index (κ3) is 2.66. The molecule has 2 aromatic rings. The van der Waals surface area contributed by atoms with Gasteiger partial charge < -0.3 is 5.32 Å². The average Bonchev–Trinajstić information content (AvgIpc) is 2.49. The summed E-state index contributed by atoms with van der Waals surface area (Å²) in [6.07, 6.45) is 6.32. The second-order valence-electron chi connectivity index (χ2n) is 5.19. The van der Waals surface area contributed by atoms with Gasteiger partial charge in [0.25, 0.3) is 0 Å². The Labute approximate surface area is 114 Å². The molecule has 3 nitrogen and oxygen atoms in total. The van der Waals surface area contributed by atoms with Crippen LogP contribution in [0.1, 0.15) is 30.1 Å². The number of nitrogens with one attached hydrogen (secondary N) is 1. The number of hydrogen-bond donors (Lipinski definition) is 1. The maximum absolute atomic E-state index is 4.57. The average molecular weight is 253 g/mol. The third-order valence-corrected chi connectivity index (χ3v) is 3.79. The van der Waals surface area contributed by atoms with Crippen molar-refractivity contribution in [2.24, 2.45) is 0 Å². The minimum Gasteiger partial charge on any atom is -0.316 e. The minimum absolute atomic E-state index is 0.472. The zero-order valence-corrected chi connectivity index (χ0v) is 11.3. The number of benzene rings is 1. The van der Waals surface area contributed by atoms with Gasteiger partial charge in [0, 0.05) is 30.4 Å². The van der Waals surface area contributed by atoms with Crippen molar-refractivity contribution < 1.29 is 0 Å². The van der Waals surface area contributed by atoms with Crippen LogP contribution in [0.15, 0.2) is 36.7 Å². The minimum atomic E-state index is 0.472. The molecule has 0 bridgehead atoms. The maximum Gasteiger partial charge on any atom is 0.132 e. The molecule has 0 saturated carbocycles. The molecule has 2 heterocycles. The highest BCUT2D eigenvalue weighted by Gasteiger charge is 2.17. The number of hydrogen-bond acceptors (Lipinski definition) is 3. The molecule has 1 aromatic heterocycles. The normalized spacial score (nSPS) is 19.3. The van der Waals surface area contributed by atoms with E-state index in [0.29, 0.717) is 5.92 Å². The zero-order chi connectivity index (χ0) is 13.1. The third-order valence-electron chi connectivity index (χ3n) is 3.79. The molecule has 0 amide bonds. The number of aryl methyl sites for hydroxylation is 1. The summed E-state index contributed by atoms with van der Waals surface area (Å²) in [6, 6.07) is 8.35. The number of rotatable bonds is 2.